The topological polar surface area (TPSA) is 153 Å². The van der Waals surface area contributed by atoms with Crippen molar-refractivity contribution in [2.75, 3.05) is 51.3 Å². The first-order chi connectivity index (χ1) is 16.2. The van der Waals surface area contributed by atoms with Crippen LogP contribution in [0.3, 0.4) is 0 Å². The number of nitrogens with two attached hydrogens (primary N) is 1. The minimum absolute atomic E-state index is 0. The number of rotatable bonds is 11. The number of piperidine rings is 1. The molecule has 0 amide bonds. The lowest BCUT2D eigenvalue weighted by Gasteiger charge is -2.32. The Balaban J connectivity index is -0.00000216. The van der Waals surface area contributed by atoms with Crippen LogP contribution in [0, 0.1) is 6.92 Å². The molecule has 0 aliphatic carbocycles. The van der Waals surface area contributed by atoms with Gasteiger partial charge in [0, 0.05) is 44.5 Å². The third-order valence-electron chi connectivity index (χ3n) is 6.09. The van der Waals surface area contributed by atoms with Crippen LogP contribution in [0.5, 0.6) is 5.75 Å². The molecule has 226 valence electrons. The third-order valence-corrected chi connectivity index (χ3v) is 6.09. The fourth-order valence-corrected chi connectivity index (χ4v) is 4.36. The van der Waals surface area contributed by atoms with Gasteiger partial charge in [0.25, 0.3) is 0 Å². The smallest absolute Gasteiger partial charge is 0.204 e. The Morgan fingerprint density at radius 3 is 2.33 bits per heavy atom. The highest BCUT2D eigenvalue weighted by molar-refractivity contribution is 5.86. The van der Waals surface area contributed by atoms with Gasteiger partial charge in [-0.3, -0.25) is 4.98 Å². The van der Waals surface area contributed by atoms with Crippen LogP contribution in [0.25, 0.3) is 11.0 Å². The van der Waals surface area contributed by atoms with Crippen LogP contribution in [-0.2, 0) is 11.3 Å². The van der Waals surface area contributed by atoms with E-state index in [0.29, 0.717) is 39.0 Å². The molecule has 0 atom stereocenters. The van der Waals surface area contributed by atoms with E-state index in [0.717, 1.165) is 66.6 Å². The number of hydrogen-bond acceptors (Lipinski definition) is 7. The largest absolute Gasteiger partial charge is 0.489 e. The highest BCUT2D eigenvalue weighted by Crippen LogP contribution is 2.26. The molecule has 7 N–H and O–H groups in total. The zero-order valence-corrected chi connectivity index (χ0v) is 25.7. The number of benzene rings is 1. The molecule has 1 fully saturated rings. The van der Waals surface area contributed by atoms with Crippen LogP contribution in [0.15, 0.2) is 36.4 Å². The Bertz CT molecular complexity index is 1050. The average molecular weight is 634 g/mol. The molecule has 14 heteroatoms. The van der Waals surface area contributed by atoms with E-state index in [-0.39, 0.29) is 60.6 Å². The monoisotopic (exact) mass is 632 g/mol. The fraction of sp³-hybridized carbons (Fsp3) is 0.520. The van der Waals surface area contributed by atoms with Crippen molar-refractivity contribution in [2.45, 2.75) is 39.3 Å². The van der Waals surface area contributed by atoms with E-state index in [1.54, 1.807) is 0 Å². The Labute approximate surface area is 255 Å². The van der Waals surface area contributed by atoms with Crippen molar-refractivity contribution in [3.8, 4) is 5.75 Å². The van der Waals surface area contributed by atoms with E-state index in [9.17, 15) is 0 Å². The molecule has 2 aromatic heterocycles. The molecule has 0 bridgehead atoms. The summed E-state index contributed by atoms with van der Waals surface area (Å²) in [5, 5.41) is 3.72. The summed E-state index contributed by atoms with van der Waals surface area (Å²) in [5.41, 5.74) is 9.66. The molecule has 1 aromatic carbocycles. The number of pyridine rings is 1. The number of imidazole rings is 1. The second-order valence-electron chi connectivity index (χ2n) is 8.50. The third kappa shape index (κ3) is 11.4. The van der Waals surface area contributed by atoms with Crippen LogP contribution in [0.4, 0.5) is 5.95 Å². The van der Waals surface area contributed by atoms with E-state index >= 15 is 0 Å². The minimum atomic E-state index is 0. The lowest BCUT2D eigenvalue weighted by molar-refractivity contribution is 0.109. The van der Waals surface area contributed by atoms with Crippen LogP contribution in [0.1, 0.15) is 31.2 Å². The van der Waals surface area contributed by atoms with Crippen LogP contribution >= 0.6 is 49.6 Å². The number of nitrogens with zero attached hydrogens (tertiary/aromatic N) is 4. The lowest BCUT2D eigenvalue weighted by Crippen LogP contribution is -2.41. The zero-order chi connectivity index (χ0) is 23.0. The molecule has 1 aliphatic heterocycles. The normalized spacial score (nSPS) is 12.9. The Morgan fingerprint density at radius 2 is 1.67 bits per heavy atom. The maximum absolute atomic E-state index is 6.02. The zero-order valence-electron chi connectivity index (χ0n) is 22.4. The summed E-state index contributed by atoms with van der Waals surface area (Å²) < 4.78 is 13.7. The molecule has 1 aliphatic rings. The molecule has 3 heterocycles. The predicted molar refractivity (Wildman–Crippen MR) is 168 cm³/mol. The summed E-state index contributed by atoms with van der Waals surface area (Å²) in [6, 6.07) is 12.6. The number of likely N-dealkylation sites (tertiary alicyclic amines) is 1. The first-order valence-corrected chi connectivity index (χ1v) is 12.0. The van der Waals surface area contributed by atoms with Crippen molar-refractivity contribution in [1.82, 2.24) is 19.4 Å². The molecule has 0 unspecified atom stereocenters. The van der Waals surface area contributed by atoms with Crippen molar-refractivity contribution in [1.29, 1.82) is 0 Å². The lowest BCUT2D eigenvalue weighted by atomic mass is 10.1. The van der Waals surface area contributed by atoms with Gasteiger partial charge in [0.15, 0.2) is 0 Å². The number of anilines is 1. The van der Waals surface area contributed by atoms with Gasteiger partial charge in [-0.2, -0.15) is 0 Å². The maximum atomic E-state index is 6.02. The molecule has 0 saturated carbocycles. The average Bonchev–Trinajstić information content (AvgIpc) is 3.16. The number of nitrogens with one attached hydrogen (secondary N) is 1. The number of aromatic nitrogens is 3. The molecule has 0 spiro atoms. The summed E-state index contributed by atoms with van der Waals surface area (Å²) in [5.74, 6) is 1.68. The van der Waals surface area contributed by atoms with Crippen molar-refractivity contribution in [3.63, 3.8) is 0 Å². The van der Waals surface area contributed by atoms with Crippen LogP contribution in [-0.4, -0.2) is 82.4 Å². The first kappa shape index (κ1) is 41.9. The molecule has 1 saturated heterocycles. The van der Waals surface area contributed by atoms with Gasteiger partial charge < -0.3 is 40.9 Å². The molecule has 39 heavy (non-hydrogen) atoms. The number of aryl methyl sites for hydroxylation is 1. The van der Waals surface area contributed by atoms with Crippen LogP contribution in [0.2, 0.25) is 0 Å². The predicted octanol–water partition coefficient (Wildman–Crippen LogP) is 3.08. The molecule has 0 radical (unpaired) electrons. The number of para-hydroxylation sites is 2. The van der Waals surface area contributed by atoms with Gasteiger partial charge in [0.05, 0.1) is 24.2 Å². The molecule has 4 rings (SSSR count). The van der Waals surface area contributed by atoms with Gasteiger partial charge in [-0.15, -0.1) is 49.6 Å². The van der Waals surface area contributed by atoms with E-state index in [2.05, 4.69) is 33.0 Å². The standard InChI is InChI=1S/C25H36N6O2.4ClH.2H2O/c1-3-32-16-17-33-24-9-8-19(2)27-22(24)18-31-23-7-5-4-6-21(23)29-25(31)28-20-10-13-30(14-11-20)15-12-26;;;;;;/h4-9,20H,3,10-18,26H2,1-2H3,(H,28,29);4*1H;2*1H2. The van der Waals surface area contributed by atoms with Gasteiger partial charge in [-0.1, -0.05) is 12.1 Å². The number of halogens is 4. The summed E-state index contributed by atoms with van der Waals surface area (Å²) in [7, 11) is 0. The van der Waals surface area contributed by atoms with E-state index < -0.39 is 0 Å². The van der Waals surface area contributed by atoms with E-state index in [1.807, 2.05) is 32.0 Å². The second kappa shape index (κ2) is 21.2. The van der Waals surface area contributed by atoms with Crippen molar-refractivity contribution < 1.29 is 20.4 Å². The Morgan fingerprint density at radius 1 is 0.974 bits per heavy atom. The van der Waals surface area contributed by atoms with Gasteiger partial charge in [0.1, 0.15) is 18.1 Å². The first-order valence-electron chi connectivity index (χ1n) is 12.0. The maximum Gasteiger partial charge on any atom is 0.204 e. The minimum Gasteiger partial charge on any atom is -0.489 e. The Hall–Kier alpha value is -1.60. The highest BCUT2D eigenvalue weighted by atomic mass is 35.5. The highest BCUT2D eigenvalue weighted by Gasteiger charge is 2.21. The summed E-state index contributed by atoms with van der Waals surface area (Å²) in [6.45, 7) is 10.1. The van der Waals surface area contributed by atoms with Crippen molar-refractivity contribution in [3.05, 3.63) is 47.8 Å². The number of hydrogen-bond donors (Lipinski definition) is 2. The van der Waals surface area contributed by atoms with Gasteiger partial charge in [-0.25, -0.2) is 4.98 Å². The second-order valence-corrected chi connectivity index (χ2v) is 8.50. The SMILES string of the molecule is CCOCCOc1ccc(C)nc1Cn1c(NC2CCN(CCN)CC2)nc2ccccc21.Cl.Cl.Cl.Cl.O.O. The summed E-state index contributed by atoms with van der Waals surface area (Å²) in [6.07, 6.45) is 2.16. The van der Waals surface area contributed by atoms with E-state index in [4.69, 9.17) is 25.2 Å². The van der Waals surface area contributed by atoms with Crippen molar-refractivity contribution >= 4 is 66.6 Å². The molecule has 3 aromatic rings. The summed E-state index contributed by atoms with van der Waals surface area (Å²) in [4.78, 5) is 12.2. The Kier molecular flexibility index (Phi) is 22.7. The van der Waals surface area contributed by atoms with Gasteiger partial charge in [0.2, 0.25) is 5.95 Å². The van der Waals surface area contributed by atoms with Gasteiger partial charge in [-0.05, 0) is 51.0 Å². The fourth-order valence-electron chi connectivity index (χ4n) is 4.36. The van der Waals surface area contributed by atoms with Crippen LogP contribution < -0.4 is 15.8 Å². The number of fused-ring (bicyclic) bond motifs is 1. The van der Waals surface area contributed by atoms with E-state index in [1.165, 1.54) is 0 Å². The quantitative estimate of drug-likeness (QED) is 0.308. The molecular formula is C25H44Cl4N6O4. The number of ether oxygens (including phenoxy) is 2. The molecular weight excluding hydrogens is 590 g/mol. The van der Waals surface area contributed by atoms with Gasteiger partial charge >= 0.3 is 0 Å². The van der Waals surface area contributed by atoms with Crippen molar-refractivity contribution in [2.24, 2.45) is 5.73 Å². The molecule has 10 nitrogen and oxygen atoms in total. The summed E-state index contributed by atoms with van der Waals surface area (Å²) >= 11 is 0.